The fourth-order valence-electron chi connectivity index (χ4n) is 3.95. The minimum atomic E-state index is -2.80. The zero-order valence-corrected chi connectivity index (χ0v) is 13.2. The van der Waals surface area contributed by atoms with Crippen LogP contribution in [-0.2, 0) is 0 Å². The normalized spacial score (nSPS) is 21.3. The smallest absolute Gasteiger partial charge is 0.387 e. The summed E-state index contributed by atoms with van der Waals surface area (Å²) in [4.78, 5) is 0. The second-order valence-corrected chi connectivity index (χ2v) is 7.63. The van der Waals surface area contributed by atoms with Gasteiger partial charge in [0.05, 0.1) is 5.69 Å². The number of alkyl halides is 2. The lowest BCUT2D eigenvalue weighted by Gasteiger charge is -2.45. The summed E-state index contributed by atoms with van der Waals surface area (Å²) in [5, 5.41) is 3.41. The zero-order chi connectivity index (χ0) is 15.7. The van der Waals surface area contributed by atoms with Gasteiger partial charge in [-0.2, -0.15) is 8.78 Å². The van der Waals surface area contributed by atoms with Crippen molar-refractivity contribution in [1.82, 2.24) is 0 Å². The molecule has 1 fully saturated rings. The van der Waals surface area contributed by atoms with Crippen molar-refractivity contribution in [3.63, 3.8) is 0 Å². The number of hydrogen-bond donors (Lipinski definition) is 1. The van der Waals surface area contributed by atoms with Gasteiger partial charge < -0.3 is 10.1 Å². The van der Waals surface area contributed by atoms with Crippen LogP contribution >= 0.6 is 0 Å². The van der Waals surface area contributed by atoms with Crippen LogP contribution < -0.4 is 10.1 Å². The molecule has 1 N–H and O–H groups in total. The SMILES string of the molecule is CC1(C)CC(Nc2ccccc2OC(F)F)CC(C)(C)C1. The molecule has 0 amide bonds. The van der Waals surface area contributed by atoms with Gasteiger partial charge in [-0.1, -0.05) is 39.8 Å². The van der Waals surface area contributed by atoms with E-state index >= 15 is 0 Å². The molecule has 2 nitrogen and oxygen atoms in total. The largest absolute Gasteiger partial charge is 0.433 e. The van der Waals surface area contributed by atoms with E-state index in [2.05, 4.69) is 37.7 Å². The van der Waals surface area contributed by atoms with Crippen LogP contribution in [0.15, 0.2) is 24.3 Å². The van der Waals surface area contributed by atoms with Crippen molar-refractivity contribution in [1.29, 1.82) is 0 Å². The second kappa shape index (κ2) is 5.82. The van der Waals surface area contributed by atoms with Gasteiger partial charge in [-0.15, -0.1) is 0 Å². The Balaban J connectivity index is 2.14. The van der Waals surface area contributed by atoms with Crippen molar-refractivity contribution in [2.45, 2.75) is 59.6 Å². The molecule has 1 aromatic rings. The van der Waals surface area contributed by atoms with Gasteiger partial charge in [0, 0.05) is 6.04 Å². The number of hydrogen-bond acceptors (Lipinski definition) is 2. The summed E-state index contributed by atoms with van der Waals surface area (Å²) in [7, 11) is 0. The molecule has 2 rings (SSSR count). The average molecular weight is 297 g/mol. The van der Waals surface area contributed by atoms with E-state index < -0.39 is 6.61 Å². The Labute approximate surface area is 125 Å². The lowest BCUT2D eigenvalue weighted by atomic mass is 9.63. The number of benzene rings is 1. The summed E-state index contributed by atoms with van der Waals surface area (Å²) in [6, 6.07) is 7.18. The quantitative estimate of drug-likeness (QED) is 0.813. The highest BCUT2D eigenvalue weighted by Gasteiger charge is 2.38. The van der Waals surface area contributed by atoms with E-state index in [-0.39, 0.29) is 22.6 Å². The second-order valence-electron chi connectivity index (χ2n) is 7.63. The van der Waals surface area contributed by atoms with Crippen molar-refractivity contribution in [2.75, 3.05) is 5.32 Å². The molecule has 1 aliphatic carbocycles. The maximum absolute atomic E-state index is 12.5. The molecule has 0 radical (unpaired) electrons. The van der Waals surface area contributed by atoms with E-state index in [1.807, 2.05) is 6.07 Å². The molecule has 0 aromatic heterocycles. The first kappa shape index (κ1) is 16.1. The molecule has 118 valence electrons. The highest BCUT2D eigenvalue weighted by Crippen LogP contribution is 2.46. The monoisotopic (exact) mass is 297 g/mol. The third-order valence-corrected chi connectivity index (χ3v) is 4.02. The number of rotatable bonds is 4. The van der Waals surface area contributed by atoms with Crippen LogP contribution in [-0.4, -0.2) is 12.7 Å². The van der Waals surface area contributed by atoms with E-state index in [1.54, 1.807) is 18.2 Å². The van der Waals surface area contributed by atoms with E-state index in [0.717, 1.165) is 12.8 Å². The number of nitrogens with one attached hydrogen (secondary N) is 1. The number of para-hydroxylation sites is 2. The average Bonchev–Trinajstić information content (AvgIpc) is 2.26. The predicted molar refractivity (Wildman–Crippen MR) is 81.9 cm³/mol. The first-order chi connectivity index (χ1) is 9.67. The van der Waals surface area contributed by atoms with Crippen LogP contribution in [0.5, 0.6) is 5.75 Å². The topological polar surface area (TPSA) is 21.3 Å². The first-order valence-corrected chi connectivity index (χ1v) is 7.47. The maximum Gasteiger partial charge on any atom is 0.387 e. The van der Waals surface area contributed by atoms with E-state index in [0.29, 0.717) is 5.69 Å². The highest BCUT2D eigenvalue weighted by molar-refractivity contribution is 5.56. The van der Waals surface area contributed by atoms with Gasteiger partial charge in [-0.05, 0) is 42.2 Å². The van der Waals surface area contributed by atoms with Crippen LogP contribution in [0, 0.1) is 10.8 Å². The van der Waals surface area contributed by atoms with Gasteiger partial charge in [0.25, 0.3) is 0 Å². The molecule has 0 aliphatic heterocycles. The Morgan fingerprint density at radius 2 is 1.67 bits per heavy atom. The molecule has 1 saturated carbocycles. The number of halogens is 2. The van der Waals surface area contributed by atoms with Crippen molar-refractivity contribution >= 4 is 5.69 Å². The lowest BCUT2D eigenvalue weighted by molar-refractivity contribution is -0.0494. The first-order valence-electron chi connectivity index (χ1n) is 7.47. The third kappa shape index (κ3) is 4.58. The van der Waals surface area contributed by atoms with Crippen LogP contribution in [0.25, 0.3) is 0 Å². The third-order valence-electron chi connectivity index (χ3n) is 4.02. The summed E-state index contributed by atoms with van der Waals surface area (Å²) in [5.74, 6) is 0.216. The molecule has 0 unspecified atom stereocenters. The van der Waals surface area contributed by atoms with Gasteiger partial charge in [-0.3, -0.25) is 0 Å². The summed E-state index contributed by atoms with van der Waals surface area (Å²) in [6.45, 7) is 6.27. The minimum absolute atomic E-state index is 0.216. The molecule has 1 aromatic carbocycles. The summed E-state index contributed by atoms with van der Waals surface area (Å²) < 4.78 is 29.5. The van der Waals surface area contributed by atoms with Crippen LogP contribution in [0.1, 0.15) is 47.0 Å². The molecular formula is C17H25F2NO. The lowest BCUT2D eigenvalue weighted by Crippen LogP contribution is -2.40. The molecule has 4 heteroatoms. The Hall–Kier alpha value is -1.32. The predicted octanol–water partition coefficient (Wildman–Crippen LogP) is 5.30. The van der Waals surface area contributed by atoms with E-state index in [1.165, 1.54) is 6.42 Å². The Morgan fingerprint density at radius 3 is 2.24 bits per heavy atom. The van der Waals surface area contributed by atoms with Crippen molar-refractivity contribution in [3.8, 4) is 5.75 Å². The summed E-state index contributed by atoms with van der Waals surface area (Å²) in [6.07, 6.45) is 3.23. The fourth-order valence-corrected chi connectivity index (χ4v) is 3.95. The fraction of sp³-hybridized carbons (Fsp3) is 0.647. The highest BCUT2D eigenvalue weighted by atomic mass is 19.3. The molecule has 0 heterocycles. The Morgan fingerprint density at radius 1 is 1.10 bits per heavy atom. The summed E-state index contributed by atoms with van der Waals surface area (Å²) >= 11 is 0. The van der Waals surface area contributed by atoms with Gasteiger partial charge >= 0.3 is 6.61 Å². The van der Waals surface area contributed by atoms with Crippen molar-refractivity contribution in [2.24, 2.45) is 10.8 Å². The Kier molecular flexibility index (Phi) is 4.45. The molecule has 0 atom stereocenters. The van der Waals surface area contributed by atoms with Gasteiger partial charge in [0.15, 0.2) is 0 Å². The Bertz CT molecular complexity index is 469. The van der Waals surface area contributed by atoms with Crippen LogP contribution in [0.3, 0.4) is 0 Å². The van der Waals surface area contributed by atoms with Gasteiger partial charge in [-0.25, -0.2) is 0 Å². The number of ether oxygens (including phenoxy) is 1. The van der Waals surface area contributed by atoms with E-state index in [4.69, 9.17) is 0 Å². The van der Waals surface area contributed by atoms with Crippen molar-refractivity contribution in [3.05, 3.63) is 24.3 Å². The van der Waals surface area contributed by atoms with Crippen LogP contribution in [0.2, 0.25) is 0 Å². The van der Waals surface area contributed by atoms with Crippen LogP contribution in [0.4, 0.5) is 14.5 Å². The zero-order valence-electron chi connectivity index (χ0n) is 13.2. The minimum Gasteiger partial charge on any atom is -0.433 e. The molecular weight excluding hydrogens is 272 g/mol. The summed E-state index contributed by atoms with van der Waals surface area (Å²) in [5.41, 5.74) is 1.15. The van der Waals surface area contributed by atoms with Gasteiger partial charge in [0.2, 0.25) is 0 Å². The standard InChI is InChI=1S/C17H25F2NO/c1-16(2)9-12(10-17(3,4)11-16)20-13-7-5-6-8-14(13)21-15(18)19/h5-8,12,15,20H,9-11H2,1-4H3. The van der Waals surface area contributed by atoms with Crippen molar-refractivity contribution < 1.29 is 13.5 Å². The van der Waals surface area contributed by atoms with Gasteiger partial charge in [0.1, 0.15) is 5.75 Å². The maximum atomic E-state index is 12.5. The molecule has 21 heavy (non-hydrogen) atoms. The molecule has 0 bridgehead atoms. The van der Waals surface area contributed by atoms with E-state index in [9.17, 15) is 8.78 Å². The molecule has 0 saturated heterocycles. The molecule has 0 spiro atoms. The molecule has 1 aliphatic rings. The number of anilines is 1.